The van der Waals surface area contributed by atoms with Gasteiger partial charge in [-0.25, -0.2) is 0 Å². The number of carbonyl (C=O) groups is 1. The van der Waals surface area contributed by atoms with E-state index in [0.29, 0.717) is 12.1 Å². The summed E-state index contributed by atoms with van der Waals surface area (Å²) >= 11 is 0. The Kier molecular flexibility index (Phi) is 4.75. The van der Waals surface area contributed by atoms with Crippen molar-refractivity contribution >= 4 is 5.91 Å². The van der Waals surface area contributed by atoms with Crippen LogP contribution >= 0.6 is 0 Å². The van der Waals surface area contributed by atoms with Crippen LogP contribution in [0, 0.1) is 6.92 Å². The molecule has 1 aliphatic rings. The molecule has 0 aliphatic carbocycles. The van der Waals surface area contributed by atoms with Crippen LogP contribution in [0.2, 0.25) is 0 Å². The molecule has 0 atom stereocenters. The lowest BCUT2D eigenvalue weighted by atomic mass is 10.2. The van der Waals surface area contributed by atoms with Crippen molar-refractivity contribution in [1.29, 1.82) is 0 Å². The molecule has 0 saturated carbocycles. The first-order valence-corrected chi connectivity index (χ1v) is 6.78. The van der Waals surface area contributed by atoms with E-state index in [1.54, 1.807) is 6.20 Å². The molecule has 18 heavy (non-hydrogen) atoms. The van der Waals surface area contributed by atoms with Crippen LogP contribution in [-0.4, -0.2) is 47.2 Å². The molecule has 1 saturated heterocycles. The van der Waals surface area contributed by atoms with Gasteiger partial charge in [-0.05, 0) is 32.9 Å². The lowest BCUT2D eigenvalue weighted by Crippen LogP contribution is -2.35. The van der Waals surface area contributed by atoms with Crippen molar-refractivity contribution in [3.05, 3.63) is 17.5 Å². The van der Waals surface area contributed by atoms with Crippen molar-refractivity contribution in [2.45, 2.75) is 32.6 Å². The molecule has 100 valence electrons. The van der Waals surface area contributed by atoms with Gasteiger partial charge in [-0.2, -0.15) is 5.10 Å². The molecule has 1 fully saturated rings. The smallest absolute Gasteiger partial charge is 0.254 e. The zero-order valence-electron chi connectivity index (χ0n) is 11.0. The minimum atomic E-state index is -0.0314. The Bertz CT molecular complexity index is 380. The zero-order valence-corrected chi connectivity index (χ0v) is 11.0. The maximum Gasteiger partial charge on any atom is 0.254 e. The van der Waals surface area contributed by atoms with Crippen molar-refractivity contribution in [1.82, 2.24) is 20.4 Å². The predicted octanol–water partition coefficient (Wildman–Crippen LogP) is 1.32. The van der Waals surface area contributed by atoms with Crippen molar-refractivity contribution < 1.29 is 4.79 Å². The van der Waals surface area contributed by atoms with E-state index in [1.165, 1.54) is 38.8 Å². The lowest BCUT2D eigenvalue weighted by molar-refractivity contribution is 0.0948. The number of aromatic nitrogens is 2. The maximum absolute atomic E-state index is 11.8. The molecule has 1 amide bonds. The molecule has 0 radical (unpaired) electrons. The van der Waals surface area contributed by atoms with Gasteiger partial charge in [0, 0.05) is 18.8 Å². The van der Waals surface area contributed by atoms with Crippen LogP contribution in [0.1, 0.15) is 41.7 Å². The fourth-order valence-electron chi connectivity index (χ4n) is 2.36. The summed E-state index contributed by atoms with van der Waals surface area (Å²) < 4.78 is 0. The summed E-state index contributed by atoms with van der Waals surface area (Å²) in [5.74, 6) is -0.0314. The molecule has 1 aromatic rings. The van der Waals surface area contributed by atoms with Crippen molar-refractivity contribution in [3.8, 4) is 0 Å². The van der Waals surface area contributed by atoms with Gasteiger partial charge in [-0.1, -0.05) is 12.8 Å². The third-order valence-corrected chi connectivity index (χ3v) is 3.49. The molecule has 0 bridgehead atoms. The Morgan fingerprint density at radius 3 is 2.72 bits per heavy atom. The molecule has 0 unspecified atom stereocenters. The number of hydrogen-bond donors (Lipinski definition) is 2. The molecule has 1 aliphatic heterocycles. The zero-order chi connectivity index (χ0) is 12.8. The van der Waals surface area contributed by atoms with Crippen LogP contribution in [0.3, 0.4) is 0 Å². The number of H-pyrrole nitrogens is 1. The van der Waals surface area contributed by atoms with E-state index < -0.39 is 0 Å². The molecule has 0 spiro atoms. The topological polar surface area (TPSA) is 61.0 Å². The quantitative estimate of drug-likeness (QED) is 0.847. The highest BCUT2D eigenvalue weighted by atomic mass is 16.1. The van der Waals surface area contributed by atoms with Gasteiger partial charge in [0.05, 0.1) is 11.8 Å². The first-order chi connectivity index (χ1) is 8.77. The molecule has 0 aromatic carbocycles. The Labute approximate surface area is 108 Å². The number of nitrogens with one attached hydrogen (secondary N) is 2. The van der Waals surface area contributed by atoms with Gasteiger partial charge in [0.25, 0.3) is 5.91 Å². The Balaban J connectivity index is 1.71. The molecule has 5 nitrogen and oxygen atoms in total. The van der Waals surface area contributed by atoms with Gasteiger partial charge in [0.2, 0.25) is 0 Å². The van der Waals surface area contributed by atoms with Gasteiger partial charge < -0.3 is 10.2 Å². The largest absolute Gasteiger partial charge is 0.351 e. The summed E-state index contributed by atoms with van der Waals surface area (Å²) in [6, 6.07) is 0. The first kappa shape index (κ1) is 13.1. The highest BCUT2D eigenvalue weighted by molar-refractivity contribution is 5.94. The number of aromatic amines is 1. The minimum absolute atomic E-state index is 0.0314. The van der Waals surface area contributed by atoms with E-state index in [9.17, 15) is 4.79 Å². The number of rotatable bonds is 4. The highest BCUT2D eigenvalue weighted by Gasteiger charge is 2.12. The number of likely N-dealkylation sites (tertiary alicyclic amines) is 1. The van der Waals surface area contributed by atoms with Crippen LogP contribution < -0.4 is 5.32 Å². The molecule has 2 heterocycles. The fraction of sp³-hybridized carbons (Fsp3) is 0.692. The van der Waals surface area contributed by atoms with Crippen LogP contribution in [0.4, 0.5) is 0 Å². The lowest BCUT2D eigenvalue weighted by Gasteiger charge is -2.19. The maximum atomic E-state index is 11.8. The molecule has 5 heteroatoms. The molecule has 2 rings (SSSR count). The molecular weight excluding hydrogens is 228 g/mol. The van der Waals surface area contributed by atoms with Crippen LogP contribution in [0.15, 0.2) is 6.20 Å². The van der Waals surface area contributed by atoms with Crippen LogP contribution in [0.25, 0.3) is 0 Å². The summed E-state index contributed by atoms with van der Waals surface area (Å²) in [6.45, 7) is 5.85. The van der Waals surface area contributed by atoms with Gasteiger partial charge in [-0.3, -0.25) is 9.89 Å². The summed E-state index contributed by atoms with van der Waals surface area (Å²) in [7, 11) is 0. The van der Waals surface area contributed by atoms with Gasteiger partial charge in [-0.15, -0.1) is 0 Å². The Morgan fingerprint density at radius 1 is 1.39 bits per heavy atom. The van der Waals surface area contributed by atoms with Crippen molar-refractivity contribution in [2.75, 3.05) is 26.2 Å². The summed E-state index contributed by atoms with van der Waals surface area (Å²) in [6.07, 6.45) is 6.84. The second-order valence-electron chi connectivity index (χ2n) is 4.92. The number of nitrogens with zero attached hydrogens (tertiary/aromatic N) is 2. The Hall–Kier alpha value is -1.36. The van der Waals surface area contributed by atoms with Gasteiger partial charge in [0.15, 0.2) is 0 Å². The molecular formula is C13H22N4O. The minimum Gasteiger partial charge on any atom is -0.351 e. The summed E-state index contributed by atoms with van der Waals surface area (Å²) in [5, 5.41) is 9.59. The average Bonchev–Trinajstić information content (AvgIpc) is 2.63. The van der Waals surface area contributed by atoms with Gasteiger partial charge in [0.1, 0.15) is 0 Å². The standard InChI is InChI=1S/C13H22N4O/c1-11-12(10-15-16-11)13(18)14-6-9-17-7-4-2-3-5-8-17/h10H,2-9H2,1H3,(H,14,18)(H,15,16). The summed E-state index contributed by atoms with van der Waals surface area (Å²) in [5.41, 5.74) is 1.47. The summed E-state index contributed by atoms with van der Waals surface area (Å²) in [4.78, 5) is 14.3. The number of aryl methyl sites for hydroxylation is 1. The first-order valence-electron chi connectivity index (χ1n) is 6.78. The number of carbonyl (C=O) groups excluding carboxylic acids is 1. The van der Waals surface area contributed by atoms with E-state index in [-0.39, 0.29) is 5.91 Å². The van der Waals surface area contributed by atoms with E-state index >= 15 is 0 Å². The van der Waals surface area contributed by atoms with E-state index in [4.69, 9.17) is 0 Å². The predicted molar refractivity (Wildman–Crippen MR) is 70.6 cm³/mol. The van der Waals surface area contributed by atoms with E-state index in [0.717, 1.165) is 12.2 Å². The highest BCUT2D eigenvalue weighted by Crippen LogP contribution is 2.08. The van der Waals surface area contributed by atoms with E-state index in [1.807, 2.05) is 6.92 Å². The monoisotopic (exact) mass is 250 g/mol. The third kappa shape index (κ3) is 3.57. The van der Waals surface area contributed by atoms with Crippen LogP contribution in [-0.2, 0) is 0 Å². The fourth-order valence-corrected chi connectivity index (χ4v) is 2.36. The Morgan fingerprint density at radius 2 is 2.11 bits per heavy atom. The molecule has 1 aromatic heterocycles. The third-order valence-electron chi connectivity index (χ3n) is 3.49. The number of hydrogen-bond acceptors (Lipinski definition) is 3. The normalized spacial score (nSPS) is 17.4. The van der Waals surface area contributed by atoms with Crippen molar-refractivity contribution in [2.24, 2.45) is 0 Å². The van der Waals surface area contributed by atoms with Crippen molar-refractivity contribution in [3.63, 3.8) is 0 Å². The van der Waals surface area contributed by atoms with E-state index in [2.05, 4.69) is 20.4 Å². The number of amides is 1. The average molecular weight is 250 g/mol. The van der Waals surface area contributed by atoms with Crippen LogP contribution in [0.5, 0.6) is 0 Å². The SMILES string of the molecule is Cc1[nH]ncc1C(=O)NCCN1CCCCCC1. The second kappa shape index (κ2) is 6.54. The van der Waals surface area contributed by atoms with Gasteiger partial charge >= 0.3 is 0 Å². The second-order valence-corrected chi connectivity index (χ2v) is 4.92. The molecule has 2 N–H and O–H groups in total.